The zero-order valence-electron chi connectivity index (χ0n) is 10.8. The summed E-state index contributed by atoms with van der Waals surface area (Å²) in [5.74, 6) is 0. The molecule has 0 bridgehead atoms. The van der Waals surface area contributed by atoms with Crippen LogP contribution in [-0.2, 0) is 6.42 Å². The van der Waals surface area contributed by atoms with Crippen molar-refractivity contribution in [3.8, 4) is 0 Å². The largest absolute Gasteiger partial charge is 0.362 e. The van der Waals surface area contributed by atoms with Gasteiger partial charge in [-0.15, -0.1) is 0 Å². The van der Waals surface area contributed by atoms with Crippen molar-refractivity contribution in [2.75, 3.05) is 5.32 Å². The van der Waals surface area contributed by atoms with Gasteiger partial charge in [0.25, 0.3) is 0 Å². The van der Waals surface area contributed by atoms with Gasteiger partial charge in [-0.05, 0) is 49.2 Å². The van der Waals surface area contributed by atoms with Crippen LogP contribution < -0.4 is 5.32 Å². The van der Waals surface area contributed by atoms with Crippen molar-refractivity contribution in [2.45, 2.75) is 19.8 Å². The number of rotatable bonds is 5. The van der Waals surface area contributed by atoms with E-state index in [4.69, 9.17) is 0 Å². The maximum atomic E-state index is 3.26. The Morgan fingerprint density at radius 3 is 2.44 bits per heavy atom. The highest BCUT2D eigenvalue weighted by Gasteiger charge is 1.94. The summed E-state index contributed by atoms with van der Waals surface area (Å²) in [6, 6.07) is 18.8. The summed E-state index contributed by atoms with van der Waals surface area (Å²) in [5.41, 5.74) is 3.94. The lowest BCUT2D eigenvalue weighted by atomic mass is 10.0. The third-order valence-corrected chi connectivity index (χ3v) is 2.98. The maximum absolute atomic E-state index is 3.26. The van der Waals surface area contributed by atoms with Crippen LogP contribution in [0.4, 0.5) is 5.69 Å². The van der Waals surface area contributed by atoms with Crippen LogP contribution in [0.25, 0.3) is 0 Å². The van der Waals surface area contributed by atoms with Gasteiger partial charge in [-0.2, -0.15) is 0 Å². The molecule has 0 aromatic heterocycles. The minimum atomic E-state index is 1.06. The van der Waals surface area contributed by atoms with Crippen molar-refractivity contribution in [1.82, 2.24) is 0 Å². The number of hydrogen-bond donors (Lipinski definition) is 1. The average molecular weight is 237 g/mol. The highest BCUT2D eigenvalue weighted by molar-refractivity contribution is 5.44. The summed E-state index contributed by atoms with van der Waals surface area (Å²) >= 11 is 0. The van der Waals surface area contributed by atoms with Crippen LogP contribution in [0.2, 0.25) is 0 Å². The van der Waals surface area contributed by atoms with Crippen molar-refractivity contribution < 1.29 is 0 Å². The first kappa shape index (κ1) is 12.4. The van der Waals surface area contributed by atoms with E-state index >= 15 is 0 Å². The van der Waals surface area contributed by atoms with E-state index in [9.17, 15) is 0 Å². The molecule has 2 aromatic rings. The highest BCUT2D eigenvalue weighted by Crippen LogP contribution is 2.10. The molecular weight excluding hydrogens is 218 g/mol. The van der Waals surface area contributed by atoms with Gasteiger partial charge in [-0.1, -0.05) is 48.5 Å². The zero-order valence-corrected chi connectivity index (χ0v) is 10.8. The third-order valence-electron chi connectivity index (χ3n) is 2.98. The fourth-order valence-corrected chi connectivity index (χ4v) is 1.90. The smallest absolute Gasteiger partial charge is 0.0379 e. The van der Waals surface area contributed by atoms with E-state index in [-0.39, 0.29) is 0 Å². The van der Waals surface area contributed by atoms with Gasteiger partial charge in [0.15, 0.2) is 0 Å². The first-order chi connectivity index (χ1) is 8.86. The minimum Gasteiger partial charge on any atom is -0.362 e. The lowest BCUT2D eigenvalue weighted by Crippen LogP contribution is -1.89. The summed E-state index contributed by atoms with van der Waals surface area (Å²) in [4.78, 5) is 0. The van der Waals surface area contributed by atoms with E-state index in [2.05, 4.69) is 54.7 Å². The molecule has 0 amide bonds. The summed E-state index contributed by atoms with van der Waals surface area (Å²) in [6.07, 6.45) is 6.36. The van der Waals surface area contributed by atoms with E-state index in [1.54, 1.807) is 0 Å². The quantitative estimate of drug-likeness (QED) is 0.804. The van der Waals surface area contributed by atoms with Crippen LogP contribution in [0.3, 0.4) is 0 Å². The Labute approximate surface area is 109 Å². The zero-order chi connectivity index (χ0) is 12.6. The van der Waals surface area contributed by atoms with Crippen LogP contribution in [-0.4, -0.2) is 0 Å². The third kappa shape index (κ3) is 3.77. The van der Waals surface area contributed by atoms with Crippen LogP contribution in [0, 0.1) is 6.92 Å². The number of hydrogen-bond acceptors (Lipinski definition) is 1. The van der Waals surface area contributed by atoms with Crippen molar-refractivity contribution >= 4 is 5.69 Å². The lowest BCUT2D eigenvalue weighted by Gasteiger charge is -2.03. The molecule has 1 N–H and O–H groups in total. The number of anilines is 1. The molecule has 1 heteroatoms. The first-order valence-electron chi connectivity index (χ1n) is 6.37. The first-order valence-corrected chi connectivity index (χ1v) is 6.37. The van der Waals surface area contributed by atoms with Gasteiger partial charge in [0.2, 0.25) is 0 Å². The molecule has 2 rings (SSSR count). The van der Waals surface area contributed by atoms with Gasteiger partial charge in [0.1, 0.15) is 0 Å². The molecule has 0 saturated heterocycles. The van der Waals surface area contributed by atoms with Gasteiger partial charge in [-0.25, -0.2) is 0 Å². The predicted molar refractivity (Wildman–Crippen MR) is 78.7 cm³/mol. The highest BCUT2D eigenvalue weighted by atomic mass is 14.8. The summed E-state index contributed by atoms with van der Waals surface area (Å²) in [7, 11) is 0. The number of allylic oxidation sites excluding steroid dienone is 1. The molecule has 0 unspecified atom stereocenters. The number of nitrogens with one attached hydrogen (secondary N) is 1. The average Bonchev–Trinajstić information content (AvgIpc) is 2.42. The molecule has 0 fully saturated rings. The maximum Gasteiger partial charge on any atom is 0.0379 e. The predicted octanol–water partition coefficient (Wildman–Crippen LogP) is 4.55. The van der Waals surface area contributed by atoms with E-state index in [0.29, 0.717) is 0 Å². The fourth-order valence-electron chi connectivity index (χ4n) is 1.90. The molecule has 0 aliphatic heterocycles. The van der Waals surface area contributed by atoms with Crippen molar-refractivity contribution in [3.63, 3.8) is 0 Å². The van der Waals surface area contributed by atoms with E-state index < -0.39 is 0 Å². The van der Waals surface area contributed by atoms with Crippen molar-refractivity contribution in [2.24, 2.45) is 0 Å². The molecule has 18 heavy (non-hydrogen) atoms. The van der Waals surface area contributed by atoms with Crippen LogP contribution >= 0.6 is 0 Å². The molecule has 92 valence electrons. The fraction of sp³-hybridized carbons (Fsp3) is 0.176. The molecule has 0 aliphatic carbocycles. The van der Waals surface area contributed by atoms with Gasteiger partial charge in [-0.3, -0.25) is 0 Å². The van der Waals surface area contributed by atoms with Crippen molar-refractivity contribution in [1.29, 1.82) is 0 Å². The molecular formula is C17H19N. The topological polar surface area (TPSA) is 12.0 Å². The Bertz CT molecular complexity index is 500. The van der Waals surface area contributed by atoms with Crippen molar-refractivity contribution in [3.05, 3.63) is 78.0 Å². The van der Waals surface area contributed by atoms with Gasteiger partial charge >= 0.3 is 0 Å². The second-order valence-electron chi connectivity index (χ2n) is 4.38. The van der Waals surface area contributed by atoms with E-state index in [1.807, 2.05) is 24.4 Å². The molecule has 0 spiro atoms. The van der Waals surface area contributed by atoms with E-state index in [1.165, 1.54) is 11.1 Å². The van der Waals surface area contributed by atoms with Gasteiger partial charge in [0.05, 0.1) is 0 Å². The lowest BCUT2D eigenvalue weighted by molar-refractivity contribution is 0.986. The van der Waals surface area contributed by atoms with E-state index in [0.717, 1.165) is 18.5 Å². The number of para-hydroxylation sites is 1. The SMILES string of the molecule is Cc1ccccc1CC/C=C/Nc1ccccc1. The number of aryl methyl sites for hydroxylation is 2. The molecule has 0 radical (unpaired) electrons. The minimum absolute atomic E-state index is 1.06. The van der Waals surface area contributed by atoms with Crippen LogP contribution in [0.15, 0.2) is 66.9 Å². The molecule has 0 heterocycles. The van der Waals surface area contributed by atoms with Gasteiger partial charge in [0, 0.05) is 5.69 Å². The number of benzene rings is 2. The Morgan fingerprint density at radius 2 is 1.67 bits per heavy atom. The Hall–Kier alpha value is -2.02. The molecule has 2 aromatic carbocycles. The molecule has 0 saturated carbocycles. The Kier molecular flexibility index (Phi) is 4.60. The van der Waals surface area contributed by atoms with Crippen LogP contribution in [0.5, 0.6) is 0 Å². The Morgan fingerprint density at radius 1 is 0.944 bits per heavy atom. The normalized spacial score (nSPS) is 10.7. The standard InChI is InChI=1S/C17H19N/c1-15-9-5-6-10-16(15)11-7-8-14-18-17-12-3-2-4-13-17/h2-6,8-10,12-14,18H,7,11H2,1H3/b14-8+. The molecule has 1 nitrogen and oxygen atoms in total. The summed E-state index contributed by atoms with van der Waals surface area (Å²) in [5, 5.41) is 3.26. The second-order valence-corrected chi connectivity index (χ2v) is 4.38. The monoisotopic (exact) mass is 237 g/mol. The van der Waals surface area contributed by atoms with Gasteiger partial charge < -0.3 is 5.32 Å². The second kappa shape index (κ2) is 6.65. The Balaban J connectivity index is 1.77. The molecule has 0 atom stereocenters. The summed E-state index contributed by atoms with van der Waals surface area (Å²) < 4.78 is 0. The molecule has 0 aliphatic rings. The summed E-state index contributed by atoms with van der Waals surface area (Å²) in [6.45, 7) is 2.17. The van der Waals surface area contributed by atoms with Crippen LogP contribution in [0.1, 0.15) is 17.5 Å².